The van der Waals surface area contributed by atoms with E-state index in [0.717, 1.165) is 5.56 Å². The molecule has 0 amide bonds. The van der Waals surface area contributed by atoms with Crippen LogP contribution in [0.15, 0.2) is 59.8 Å². The average Bonchev–Trinajstić information content (AvgIpc) is 3.04. The van der Waals surface area contributed by atoms with Gasteiger partial charge in [0.05, 0.1) is 23.3 Å². The van der Waals surface area contributed by atoms with Gasteiger partial charge in [0.1, 0.15) is 5.82 Å². The third kappa shape index (κ3) is 4.67. The first-order chi connectivity index (χ1) is 12.7. The fourth-order valence-electron chi connectivity index (χ4n) is 2.57. The Morgan fingerprint density at radius 3 is 2.52 bits per heavy atom. The molecule has 27 heavy (non-hydrogen) atoms. The molecule has 2 aromatic carbocycles. The topological polar surface area (TPSA) is 64.0 Å². The van der Waals surface area contributed by atoms with Crippen LogP contribution in [0, 0.1) is 5.82 Å². The Kier molecular flexibility index (Phi) is 5.53. The summed E-state index contributed by atoms with van der Waals surface area (Å²) in [6, 6.07) is 10.9. The molecule has 0 atom stereocenters. The second kappa shape index (κ2) is 7.70. The quantitative estimate of drug-likeness (QED) is 0.647. The molecule has 1 N–H and O–H groups in total. The molecule has 0 saturated carbocycles. The lowest BCUT2D eigenvalue weighted by Crippen LogP contribution is -2.12. The summed E-state index contributed by atoms with van der Waals surface area (Å²) in [4.78, 5) is 0.182. The van der Waals surface area contributed by atoms with E-state index >= 15 is 0 Å². The molecule has 1 heterocycles. The van der Waals surface area contributed by atoms with Gasteiger partial charge in [0, 0.05) is 11.2 Å². The fourth-order valence-corrected chi connectivity index (χ4v) is 3.83. The Balaban J connectivity index is 1.74. The first-order valence-corrected chi connectivity index (χ1v) is 10.2. The van der Waals surface area contributed by atoms with Crippen molar-refractivity contribution in [1.29, 1.82) is 0 Å². The molecule has 0 fully saturated rings. The Bertz CT molecular complexity index is 1050. The Morgan fingerprint density at radius 1 is 1.19 bits per heavy atom. The number of anilines is 1. The largest absolute Gasteiger partial charge is 0.276 e. The molecule has 0 spiro atoms. The normalized spacial score (nSPS) is 11.7. The van der Waals surface area contributed by atoms with Crippen molar-refractivity contribution < 1.29 is 12.8 Å². The van der Waals surface area contributed by atoms with Crippen molar-refractivity contribution in [3.05, 3.63) is 76.8 Å². The van der Waals surface area contributed by atoms with Gasteiger partial charge in [-0.15, -0.1) is 0 Å². The Morgan fingerprint density at radius 2 is 1.89 bits per heavy atom. The van der Waals surface area contributed by atoms with E-state index in [9.17, 15) is 12.8 Å². The van der Waals surface area contributed by atoms with Crippen molar-refractivity contribution >= 4 is 27.3 Å². The standard InChI is InChI=1S/C19H19ClFN3O2S/c1-13(2)14-4-7-18(8-5-14)27(25,26)23-17-10-22-24(12-17)11-15-3-6-16(21)9-19(15)20/h3-10,12-13,23H,11H2,1-2H3. The van der Waals surface area contributed by atoms with Gasteiger partial charge in [0.15, 0.2) is 0 Å². The number of rotatable bonds is 6. The molecule has 8 heteroatoms. The van der Waals surface area contributed by atoms with Crippen LogP contribution >= 0.6 is 11.6 Å². The molecule has 1 aromatic heterocycles. The number of nitrogens with one attached hydrogen (secondary N) is 1. The lowest BCUT2D eigenvalue weighted by atomic mass is 10.0. The molecule has 3 rings (SSSR count). The molecule has 0 saturated heterocycles. The van der Waals surface area contributed by atoms with Gasteiger partial charge in [-0.1, -0.05) is 43.6 Å². The van der Waals surface area contributed by atoms with Gasteiger partial charge in [0.2, 0.25) is 0 Å². The number of hydrogen-bond donors (Lipinski definition) is 1. The average molecular weight is 408 g/mol. The van der Waals surface area contributed by atoms with E-state index in [2.05, 4.69) is 9.82 Å². The summed E-state index contributed by atoms with van der Waals surface area (Å²) >= 11 is 6.02. The van der Waals surface area contributed by atoms with E-state index in [1.54, 1.807) is 36.5 Å². The molecular weight excluding hydrogens is 389 g/mol. The van der Waals surface area contributed by atoms with E-state index in [1.165, 1.54) is 23.0 Å². The van der Waals surface area contributed by atoms with Crippen molar-refractivity contribution in [2.24, 2.45) is 0 Å². The van der Waals surface area contributed by atoms with Crippen LogP contribution in [0.4, 0.5) is 10.1 Å². The number of halogens is 2. The van der Waals surface area contributed by atoms with E-state index in [0.29, 0.717) is 23.7 Å². The number of hydrogen-bond acceptors (Lipinski definition) is 3. The maximum Gasteiger partial charge on any atom is 0.261 e. The minimum atomic E-state index is -3.71. The van der Waals surface area contributed by atoms with Crippen LogP contribution < -0.4 is 4.72 Å². The van der Waals surface area contributed by atoms with Gasteiger partial charge in [-0.25, -0.2) is 12.8 Å². The van der Waals surface area contributed by atoms with Crippen LogP contribution in [-0.2, 0) is 16.6 Å². The molecule has 0 radical (unpaired) electrons. The van der Waals surface area contributed by atoms with Crippen LogP contribution in [0.5, 0.6) is 0 Å². The number of aromatic nitrogens is 2. The lowest BCUT2D eigenvalue weighted by molar-refractivity contribution is 0.601. The van der Waals surface area contributed by atoms with Crippen LogP contribution in [0.1, 0.15) is 30.9 Å². The van der Waals surface area contributed by atoms with Gasteiger partial charge >= 0.3 is 0 Å². The molecule has 0 aliphatic carbocycles. The van der Waals surface area contributed by atoms with Crippen LogP contribution in [0.2, 0.25) is 5.02 Å². The zero-order chi connectivity index (χ0) is 19.6. The predicted octanol–water partition coefficient (Wildman–Crippen LogP) is 4.65. The van der Waals surface area contributed by atoms with E-state index in [-0.39, 0.29) is 9.92 Å². The lowest BCUT2D eigenvalue weighted by Gasteiger charge is -2.09. The summed E-state index contributed by atoms with van der Waals surface area (Å²) in [6.45, 7) is 4.39. The van der Waals surface area contributed by atoms with Crippen molar-refractivity contribution in [3.63, 3.8) is 0 Å². The highest BCUT2D eigenvalue weighted by molar-refractivity contribution is 7.92. The van der Waals surface area contributed by atoms with Crippen LogP contribution in [-0.4, -0.2) is 18.2 Å². The zero-order valence-electron chi connectivity index (χ0n) is 14.9. The summed E-state index contributed by atoms with van der Waals surface area (Å²) in [5, 5.41) is 4.42. The molecule has 5 nitrogen and oxygen atoms in total. The summed E-state index contributed by atoms with van der Waals surface area (Å²) < 4.78 is 42.2. The molecular formula is C19H19ClFN3O2S. The molecule has 0 bridgehead atoms. The second-order valence-electron chi connectivity index (χ2n) is 6.49. The summed E-state index contributed by atoms with van der Waals surface area (Å²) in [6.07, 6.45) is 2.97. The number of nitrogens with zero attached hydrogens (tertiary/aromatic N) is 2. The predicted molar refractivity (Wildman–Crippen MR) is 104 cm³/mol. The highest BCUT2D eigenvalue weighted by Gasteiger charge is 2.15. The summed E-state index contributed by atoms with van der Waals surface area (Å²) in [5.41, 5.74) is 2.08. The van der Waals surface area contributed by atoms with Gasteiger partial charge in [-0.05, 0) is 41.3 Å². The monoisotopic (exact) mass is 407 g/mol. The maximum absolute atomic E-state index is 13.1. The van der Waals surface area contributed by atoms with Crippen LogP contribution in [0.3, 0.4) is 0 Å². The molecule has 0 aliphatic rings. The smallest absolute Gasteiger partial charge is 0.261 e. The van der Waals surface area contributed by atoms with Gasteiger partial charge in [-0.3, -0.25) is 9.40 Å². The first-order valence-electron chi connectivity index (χ1n) is 8.34. The summed E-state index contributed by atoms with van der Waals surface area (Å²) in [5.74, 6) is -0.0904. The fraction of sp³-hybridized carbons (Fsp3) is 0.211. The highest BCUT2D eigenvalue weighted by Crippen LogP contribution is 2.21. The van der Waals surface area contributed by atoms with Gasteiger partial charge in [0.25, 0.3) is 10.0 Å². The molecule has 3 aromatic rings. The maximum atomic E-state index is 13.1. The van der Waals surface area contributed by atoms with Crippen molar-refractivity contribution in [3.8, 4) is 0 Å². The summed E-state index contributed by atoms with van der Waals surface area (Å²) in [7, 11) is -3.71. The van der Waals surface area contributed by atoms with E-state index < -0.39 is 15.8 Å². The van der Waals surface area contributed by atoms with E-state index in [4.69, 9.17) is 11.6 Å². The second-order valence-corrected chi connectivity index (χ2v) is 8.58. The van der Waals surface area contributed by atoms with Crippen molar-refractivity contribution in [2.75, 3.05) is 4.72 Å². The minimum absolute atomic E-state index is 0.182. The minimum Gasteiger partial charge on any atom is -0.276 e. The van der Waals surface area contributed by atoms with Gasteiger partial charge in [-0.2, -0.15) is 5.10 Å². The van der Waals surface area contributed by atoms with Crippen LogP contribution in [0.25, 0.3) is 0 Å². The van der Waals surface area contributed by atoms with Gasteiger partial charge < -0.3 is 0 Å². The highest BCUT2D eigenvalue weighted by atomic mass is 35.5. The number of sulfonamides is 1. The molecule has 0 aliphatic heterocycles. The number of benzene rings is 2. The third-order valence-corrected chi connectivity index (χ3v) is 5.84. The molecule has 142 valence electrons. The zero-order valence-corrected chi connectivity index (χ0v) is 16.4. The Hall–Kier alpha value is -2.38. The molecule has 0 unspecified atom stereocenters. The van der Waals surface area contributed by atoms with E-state index in [1.807, 2.05) is 13.8 Å². The Labute approximate surface area is 162 Å². The van der Waals surface area contributed by atoms with Crippen molar-refractivity contribution in [1.82, 2.24) is 9.78 Å². The van der Waals surface area contributed by atoms with Crippen molar-refractivity contribution in [2.45, 2.75) is 31.2 Å². The first kappa shape index (κ1) is 19.4. The third-order valence-electron chi connectivity index (χ3n) is 4.09. The SMILES string of the molecule is CC(C)c1ccc(S(=O)(=O)Nc2cnn(Cc3ccc(F)cc3Cl)c2)cc1.